The molecular formula is C11H11ClN2O. The maximum atomic E-state index is 6.04. The van der Waals surface area contributed by atoms with Crippen molar-refractivity contribution in [3.8, 4) is 5.75 Å². The van der Waals surface area contributed by atoms with Crippen LogP contribution >= 0.6 is 11.6 Å². The lowest BCUT2D eigenvalue weighted by atomic mass is 10.1. The zero-order valence-electron chi connectivity index (χ0n) is 8.84. The highest BCUT2D eigenvalue weighted by molar-refractivity contribution is 6.34. The molecule has 1 aromatic carbocycles. The SMILES string of the molecule is COc1cc2c(Cl)nc(C)nc2cc1C. The van der Waals surface area contributed by atoms with E-state index in [0.717, 1.165) is 22.2 Å². The Hall–Kier alpha value is -1.35. The second-order valence-electron chi connectivity index (χ2n) is 3.40. The summed E-state index contributed by atoms with van der Waals surface area (Å²) >= 11 is 6.04. The minimum absolute atomic E-state index is 0.468. The van der Waals surface area contributed by atoms with Gasteiger partial charge >= 0.3 is 0 Å². The summed E-state index contributed by atoms with van der Waals surface area (Å²) in [6.45, 7) is 3.80. The van der Waals surface area contributed by atoms with Gasteiger partial charge in [0, 0.05) is 5.39 Å². The van der Waals surface area contributed by atoms with E-state index in [0.29, 0.717) is 11.0 Å². The van der Waals surface area contributed by atoms with Gasteiger partial charge in [-0.2, -0.15) is 0 Å². The molecule has 0 N–H and O–H groups in total. The molecule has 0 aliphatic rings. The smallest absolute Gasteiger partial charge is 0.140 e. The lowest BCUT2D eigenvalue weighted by Gasteiger charge is -2.07. The minimum atomic E-state index is 0.468. The van der Waals surface area contributed by atoms with Crippen molar-refractivity contribution in [1.82, 2.24) is 9.97 Å². The molecule has 0 atom stereocenters. The molecule has 15 heavy (non-hydrogen) atoms. The molecule has 2 aromatic rings. The first-order valence-corrected chi connectivity index (χ1v) is 4.98. The molecule has 0 amide bonds. The van der Waals surface area contributed by atoms with Crippen LogP contribution in [0.25, 0.3) is 10.9 Å². The monoisotopic (exact) mass is 222 g/mol. The van der Waals surface area contributed by atoms with E-state index in [1.807, 2.05) is 26.0 Å². The summed E-state index contributed by atoms with van der Waals surface area (Å²) in [6, 6.07) is 3.82. The molecule has 3 nitrogen and oxygen atoms in total. The van der Waals surface area contributed by atoms with Crippen molar-refractivity contribution in [3.63, 3.8) is 0 Å². The molecule has 0 saturated carbocycles. The predicted molar refractivity (Wildman–Crippen MR) is 60.6 cm³/mol. The lowest BCUT2D eigenvalue weighted by molar-refractivity contribution is 0.412. The summed E-state index contributed by atoms with van der Waals surface area (Å²) in [7, 11) is 1.64. The van der Waals surface area contributed by atoms with Crippen LogP contribution in [0.5, 0.6) is 5.75 Å². The summed E-state index contributed by atoms with van der Waals surface area (Å²) in [5, 5.41) is 1.29. The first-order valence-electron chi connectivity index (χ1n) is 4.60. The molecule has 0 saturated heterocycles. The van der Waals surface area contributed by atoms with Gasteiger partial charge in [0.25, 0.3) is 0 Å². The van der Waals surface area contributed by atoms with E-state index in [1.165, 1.54) is 0 Å². The Morgan fingerprint density at radius 2 is 1.93 bits per heavy atom. The van der Waals surface area contributed by atoms with E-state index in [4.69, 9.17) is 16.3 Å². The Balaban J connectivity index is 2.81. The number of halogens is 1. The van der Waals surface area contributed by atoms with E-state index in [9.17, 15) is 0 Å². The van der Waals surface area contributed by atoms with Crippen molar-refractivity contribution in [1.29, 1.82) is 0 Å². The Morgan fingerprint density at radius 3 is 2.60 bits per heavy atom. The summed E-state index contributed by atoms with van der Waals surface area (Å²) in [6.07, 6.45) is 0. The first kappa shape index (κ1) is 10.2. The predicted octanol–water partition coefficient (Wildman–Crippen LogP) is 2.91. The third-order valence-corrected chi connectivity index (χ3v) is 2.57. The third kappa shape index (κ3) is 1.75. The van der Waals surface area contributed by atoms with Crippen molar-refractivity contribution < 1.29 is 4.74 Å². The van der Waals surface area contributed by atoms with E-state index in [1.54, 1.807) is 7.11 Å². The van der Waals surface area contributed by atoms with Crippen LogP contribution < -0.4 is 4.74 Å². The quantitative estimate of drug-likeness (QED) is 0.696. The Kier molecular flexibility index (Phi) is 2.49. The Bertz CT molecular complexity index is 525. The molecule has 0 aliphatic heterocycles. The molecule has 2 rings (SSSR count). The number of nitrogens with zero attached hydrogens (tertiary/aromatic N) is 2. The number of fused-ring (bicyclic) bond motifs is 1. The van der Waals surface area contributed by atoms with Crippen molar-refractivity contribution >= 4 is 22.5 Å². The van der Waals surface area contributed by atoms with Gasteiger partial charge in [0.2, 0.25) is 0 Å². The van der Waals surface area contributed by atoms with Crippen molar-refractivity contribution in [2.45, 2.75) is 13.8 Å². The number of rotatable bonds is 1. The molecule has 4 heteroatoms. The number of benzene rings is 1. The molecule has 0 radical (unpaired) electrons. The van der Waals surface area contributed by atoms with E-state index in [-0.39, 0.29) is 0 Å². The fourth-order valence-electron chi connectivity index (χ4n) is 1.55. The molecule has 0 bridgehead atoms. The largest absolute Gasteiger partial charge is 0.496 e. The lowest BCUT2D eigenvalue weighted by Crippen LogP contribution is -1.93. The van der Waals surface area contributed by atoms with Gasteiger partial charge in [0.05, 0.1) is 12.6 Å². The van der Waals surface area contributed by atoms with Crippen molar-refractivity contribution in [2.75, 3.05) is 7.11 Å². The standard InChI is InChI=1S/C11H11ClN2O/c1-6-4-9-8(5-10(6)15-3)11(12)14-7(2)13-9/h4-5H,1-3H3. The van der Waals surface area contributed by atoms with Gasteiger partial charge in [0.1, 0.15) is 16.7 Å². The van der Waals surface area contributed by atoms with Gasteiger partial charge in [-0.1, -0.05) is 11.6 Å². The van der Waals surface area contributed by atoms with Crippen molar-refractivity contribution in [3.05, 3.63) is 28.7 Å². The maximum absolute atomic E-state index is 6.04. The van der Waals surface area contributed by atoms with Gasteiger partial charge in [0.15, 0.2) is 0 Å². The fraction of sp³-hybridized carbons (Fsp3) is 0.273. The first-order chi connectivity index (χ1) is 7.11. The summed E-state index contributed by atoms with van der Waals surface area (Å²) in [4.78, 5) is 8.43. The van der Waals surface area contributed by atoms with Gasteiger partial charge in [-0.3, -0.25) is 0 Å². The second-order valence-corrected chi connectivity index (χ2v) is 3.76. The molecular weight excluding hydrogens is 212 g/mol. The second kappa shape index (κ2) is 3.66. The molecule has 0 unspecified atom stereocenters. The van der Waals surface area contributed by atoms with Gasteiger partial charge < -0.3 is 4.74 Å². The average molecular weight is 223 g/mol. The molecule has 1 aromatic heterocycles. The van der Waals surface area contributed by atoms with E-state index in [2.05, 4.69) is 9.97 Å². The van der Waals surface area contributed by atoms with E-state index < -0.39 is 0 Å². The number of hydrogen-bond acceptors (Lipinski definition) is 3. The molecule has 0 fully saturated rings. The summed E-state index contributed by atoms with van der Waals surface area (Å²) in [5.74, 6) is 1.48. The topological polar surface area (TPSA) is 35.0 Å². The summed E-state index contributed by atoms with van der Waals surface area (Å²) < 4.78 is 5.22. The highest BCUT2D eigenvalue weighted by atomic mass is 35.5. The van der Waals surface area contributed by atoms with E-state index >= 15 is 0 Å². The number of aromatic nitrogens is 2. The minimum Gasteiger partial charge on any atom is -0.496 e. The van der Waals surface area contributed by atoms with Gasteiger partial charge in [-0.05, 0) is 31.5 Å². The van der Waals surface area contributed by atoms with Crippen LogP contribution in [0.15, 0.2) is 12.1 Å². The van der Waals surface area contributed by atoms with Crippen LogP contribution in [0.3, 0.4) is 0 Å². The Labute approximate surface area is 93.1 Å². The van der Waals surface area contributed by atoms with Gasteiger partial charge in [-0.25, -0.2) is 9.97 Å². The highest BCUT2D eigenvalue weighted by Crippen LogP contribution is 2.27. The van der Waals surface area contributed by atoms with Crippen LogP contribution in [0.1, 0.15) is 11.4 Å². The number of methoxy groups -OCH3 is 1. The molecule has 0 spiro atoms. The number of hydrogen-bond donors (Lipinski definition) is 0. The molecule has 1 heterocycles. The van der Waals surface area contributed by atoms with Crippen LogP contribution in [-0.4, -0.2) is 17.1 Å². The van der Waals surface area contributed by atoms with Crippen molar-refractivity contribution in [2.24, 2.45) is 0 Å². The van der Waals surface area contributed by atoms with Gasteiger partial charge in [-0.15, -0.1) is 0 Å². The zero-order chi connectivity index (χ0) is 11.0. The molecule has 0 aliphatic carbocycles. The van der Waals surface area contributed by atoms with Crippen LogP contribution in [-0.2, 0) is 0 Å². The number of aryl methyl sites for hydroxylation is 2. The number of ether oxygens (including phenoxy) is 1. The maximum Gasteiger partial charge on any atom is 0.140 e. The highest BCUT2D eigenvalue weighted by Gasteiger charge is 2.07. The third-order valence-electron chi connectivity index (χ3n) is 2.28. The average Bonchev–Trinajstić information content (AvgIpc) is 2.16. The summed E-state index contributed by atoms with van der Waals surface area (Å²) in [5.41, 5.74) is 1.89. The zero-order valence-corrected chi connectivity index (χ0v) is 9.59. The molecule has 78 valence electrons. The van der Waals surface area contributed by atoms with Crippen LogP contribution in [0, 0.1) is 13.8 Å². The van der Waals surface area contributed by atoms with Crippen LogP contribution in [0.2, 0.25) is 5.15 Å². The normalized spacial score (nSPS) is 10.7. The Morgan fingerprint density at radius 1 is 1.20 bits per heavy atom. The fourth-order valence-corrected chi connectivity index (χ4v) is 1.83. The van der Waals surface area contributed by atoms with Crippen LogP contribution in [0.4, 0.5) is 0 Å².